The average molecular weight is 390 g/mol. The summed E-state index contributed by atoms with van der Waals surface area (Å²) in [6.07, 6.45) is 1.04. The Morgan fingerprint density at radius 2 is 2.07 bits per heavy atom. The number of aromatic nitrogens is 3. The van der Waals surface area contributed by atoms with Crippen LogP contribution in [0.4, 0.5) is 10.1 Å². The molecule has 4 aromatic rings. The molecule has 5 rings (SSSR count). The van der Waals surface area contributed by atoms with Crippen molar-refractivity contribution in [1.82, 2.24) is 15.1 Å². The number of carbonyl (C=O) groups is 1. The van der Waals surface area contributed by atoms with Crippen molar-refractivity contribution in [3.05, 3.63) is 65.6 Å². The van der Waals surface area contributed by atoms with Crippen molar-refractivity contribution in [1.29, 1.82) is 0 Å². The van der Waals surface area contributed by atoms with E-state index in [0.717, 1.165) is 33.6 Å². The van der Waals surface area contributed by atoms with Gasteiger partial charge in [0.05, 0.1) is 22.8 Å². The van der Waals surface area contributed by atoms with Crippen LogP contribution in [0.2, 0.25) is 0 Å². The number of benzene rings is 2. The van der Waals surface area contributed by atoms with Gasteiger partial charge in [0, 0.05) is 17.7 Å². The van der Waals surface area contributed by atoms with Crippen LogP contribution in [0.3, 0.4) is 0 Å². The van der Waals surface area contributed by atoms with Crippen molar-refractivity contribution in [3.8, 4) is 11.1 Å². The summed E-state index contributed by atoms with van der Waals surface area (Å²) in [5, 5.41) is 4.02. The van der Waals surface area contributed by atoms with Gasteiger partial charge in [-0.2, -0.15) is 0 Å². The first-order valence-electron chi connectivity index (χ1n) is 9.52. The summed E-state index contributed by atoms with van der Waals surface area (Å²) >= 11 is 0. The molecule has 1 aliphatic rings. The molecule has 0 bridgehead atoms. The number of H-pyrrole nitrogens is 1. The highest BCUT2D eigenvalue weighted by Crippen LogP contribution is 2.37. The van der Waals surface area contributed by atoms with E-state index in [0.29, 0.717) is 24.4 Å². The van der Waals surface area contributed by atoms with Gasteiger partial charge in [-0.1, -0.05) is 17.3 Å². The maximum atomic E-state index is 13.7. The molecule has 0 spiro atoms. The molecule has 1 atom stereocenters. The number of anilines is 1. The minimum absolute atomic E-state index is 0.0301. The van der Waals surface area contributed by atoms with Crippen molar-refractivity contribution >= 4 is 22.6 Å². The molecular weight excluding hydrogens is 371 g/mol. The van der Waals surface area contributed by atoms with E-state index in [2.05, 4.69) is 10.1 Å². The molecule has 29 heavy (non-hydrogen) atoms. The minimum atomic E-state index is -0.366. The highest BCUT2D eigenvalue weighted by atomic mass is 19.1. The van der Waals surface area contributed by atoms with E-state index >= 15 is 0 Å². The van der Waals surface area contributed by atoms with Gasteiger partial charge >= 0.3 is 0 Å². The summed E-state index contributed by atoms with van der Waals surface area (Å²) in [6, 6.07) is 11.8. The third-order valence-corrected chi connectivity index (χ3v) is 5.44. The van der Waals surface area contributed by atoms with Gasteiger partial charge in [-0.05, 0) is 56.2 Å². The van der Waals surface area contributed by atoms with E-state index in [1.807, 2.05) is 32.0 Å². The van der Waals surface area contributed by atoms with Gasteiger partial charge in [-0.25, -0.2) is 9.37 Å². The second kappa shape index (κ2) is 6.55. The van der Waals surface area contributed by atoms with E-state index < -0.39 is 0 Å². The Morgan fingerprint density at radius 1 is 1.21 bits per heavy atom. The lowest BCUT2D eigenvalue weighted by Crippen LogP contribution is -2.28. The highest BCUT2D eigenvalue weighted by molar-refractivity contribution is 5.96. The van der Waals surface area contributed by atoms with E-state index in [4.69, 9.17) is 9.51 Å². The summed E-state index contributed by atoms with van der Waals surface area (Å²) in [5.41, 5.74) is 5.04. The van der Waals surface area contributed by atoms with Crippen LogP contribution in [0.15, 0.2) is 47.0 Å². The van der Waals surface area contributed by atoms with Gasteiger partial charge in [0.15, 0.2) is 0 Å². The zero-order chi connectivity index (χ0) is 20.1. The molecule has 1 saturated heterocycles. The predicted octanol–water partition coefficient (Wildman–Crippen LogP) is 4.84. The molecule has 3 heterocycles. The fraction of sp³-hybridized carbons (Fsp3) is 0.227. The summed E-state index contributed by atoms with van der Waals surface area (Å²) in [6.45, 7) is 3.80. The molecule has 0 saturated carbocycles. The number of rotatable bonds is 3. The number of hydrogen-bond donors (Lipinski definition) is 1. The van der Waals surface area contributed by atoms with Crippen LogP contribution in [0, 0.1) is 19.7 Å². The largest absolute Gasteiger partial charge is 0.361 e. The van der Waals surface area contributed by atoms with Crippen molar-refractivity contribution in [2.45, 2.75) is 32.7 Å². The number of carbonyl (C=O) groups excluding carboxylic acids is 1. The number of nitrogens with one attached hydrogen (secondary N) is 1. The molecule has 146 valence electrons. The smallest absolute Gasteiger partial charge is 0.227 e. The first-order chi connectivity index (χ1) is 14.0. The summed E-state index contributed by atoms with van der Waals surface area (Å²) < 4.78 is 19.0. The molecule has 1 amide bonds. The van der Waals surface area contributed by atoms with Crippen LogP contribution in [-0.4, -0.2) is 21.0 Å². The van der Waals surface area contributed by atoms with Gasteiger partial charge in [0.1, 0.15) is 17.4 Å². The molecular formula is C22H19FN4O2. The van der Waals surface area contributed by atoms with E-state index in [-0.39, 0.29) is 17.8 Å². The number of fused-ring (bicyclic) bond motifs is 1. The summed E-state index contributed by atoms with van der Waals surface area (Å²) in [5.74, 6) is 1.07. The van der Waals surface area contributed by atoms with Crippen LogP contribution in [0.25, 0.3) is 22.2 Å². The Kier molecular flexibility index (Phi) is 3.97. The number of imidazole rings is 1. The number of nitrogens with zero attached hydrogens (tertiary/aromatic N) is 3. The summed E-state index contributed by atoms with van der Waals surface area (Å²) in [4.78, 5) is 22.2. The molecule has 1 N–H and O–H groups in total. The Hall–Kier alpha value is -3.48. The molecule has 0 radical (unpaired) electrons. The standard InChI is InChI=1S/C22H19FN4O2/c1-12-21(13(2)29-26-12)14-6-7-17-18(10-14)25-22(24-17)19-8-9-20(28)27(19)16-5-3-4-15(23)11-16/h3-7,10-11,19H,8-9H2,1-2H3,(H,24,25)/t19-/m0/s1. The van der Waals surface area contributed by atoms with Crippen LogP contribution >= 0.6 is 0 Å². The molecule has 1 aliphatic heterocycles. The maximum absolute atomic E-state index is 13.7. The Bertz CT molecular complexity index is 1220. The molecule has 6 nitrogen and oxygen atoms in total. The number of hydrogen-bond acceptors (Lipinski definition) is 4. The second-order valence-corrected chi connectivity index (χ2v) is 7.35. The van der Waals surface area contributed by atoms with Crippen LogP contribution in [0.1, 0.15) is 36.2 Å². The summed E-state index contributed by atoms with van der Waals surface area (Å²) in [7, 11) is 0. The zero-order valence-corrected chi connectivity index (χ0v) is 16.1. The van der Waals surface area contributed by atoms with E-state index in [1.54, 1.807) is 17.0 Å². The number of halogens is 1. The molecule has 2 aromatic heterocycles. The molecule has 0 aliphatic carbocycles. The molecule has 1 fully saturated rings. The van der Waals surface area contributed by atoms with Gasteiger partial charge in [0.25, 0.3) is 0 Å². The monoisotopic (exact) mass is 390 g/mol. The minimum Gasteiger partial charge on any atom is -0.361 e. The Morgan fingerprint density at radius 3 is 2.83 bits per heavy atom. The number of amides is 1. The van der Waals surface area contributed by atoms with E-state index in [9.17, 15) is 9.18 Å². The normalized spacial score (nSPS) is 16.9. The van der Waals surface area contributed by atoms with Crippen molar-refractivity contribution in [2.75, 3.05) is 4.90 Å². The van der Waals surface area contributed by atoms with Crippen molar-refractivity contribution in [2.24, 2.45) is 0 Å². The zero-order valence-electron chi connectivity index (χ0n) is 16.1. The topological polar surface area (TPSA) is 75.0 Å². The van der Waals surface area contributed by atoms with Gasteiger partial charge in [-0.15, -0.1) is 0 Å². The second-order valence-electron chi connectivity index (χ2n) is 7.35. The molecule has 0 unspecified atom stereocenters. The highest BCUT2D eigenvalue weighted by Gasteiger charge is 2.35. The number of aryl methyl sites for hydroxylation is 2. The lowest BCUT2D eigenvalue weighted by Gasteiger charge is -2.23. The maximum Gasteiger partial charge on any atom is 0.227 e. The Labute approximate surface area is 166 Å². The van der Waals surface area contributed by atoms with Crippen LogP contribution in [0.5, 0.6) is 0 Å². The molecule has 2 aromatic carbocycles. The fourth-order valence-corrected chi connectivity index (χ4v) is 4.13. The van der Waals surface area contributed by atoms with Gasteiger partial charge in [-0.3, -0.25) is 4.79 Å². The quantitative estimate of drug-likeness (QED) is 0.543. The predicted molar refractivity (Wildman–Crippen MR) is 107 cm³/mol. The third-order valence-electron chi connectivity index (χ3n) is 5.44. The van der Waals surface area contributed by atoms with Crippen LogP contribution in [-0.2, 0) is 4.79 Å². The fourth-order valence-electron chi connectivity index (χ4n) is 4.13. The first-order valence-corrected chi connectivity index (χ1v) is 9.52. The Balaban J connectivity index is 1.55. The number of aromatic amines is 1. The SMILES string of the molecule is Cc1noc(C)c1-c1ccc2nc([C@@H]3CCC(=O)N3c3cccc(F)c3)[nH]c2c1. The first kappa shape index (κ1) is 17.6. The molecule has 7 heteroatoms. The van der Waals surface area contributed by atoms with Gasteiger partial charge < -0.3 is 14.4 Å². The van der Waals surface area contributed by atoms with Crippen molar-refractivity contribution < 1.29 is 13.7 Å². The van der Waals surface area contributed by atoms with E-state index in [1.165, 1.54) is 12.1 Å². The van der Waals surface area contributed by atoms with Crippen molar-refractivity contribution in [3.63, 3.8) is 0 Å². The lowest BCUT2D eigenvalue weighted by atomic mass is 10.0. The third kappa shape index (κ3) is 2.90. The van der Waals surface area contributed by atoms with Gasteiger partial charge in [0.2, 0.25) is 5.91 Å². The lowest BCUT2D eigenvalue weighted by molar-refractivity contribution is -0.117. The average Bonchev–Trinajstić information content (AvgIpc) is 3.37. The van der Waals surface area contributed by atoms with Crippen LogP contribution < -0.4 is 4.90 Å².